The molecule has 3 amide bonds. The van der Waals surface area contributed by atoms with E-state index >= 15 is 0 Å². The average molecular weight is 475 g/mol. The number of H-pyrrole nitrogens is 1. The lowest BCUT2D eigenvalue weighted by Gasteiger charge is -2.38. The van der Waals surface area contributed by atoms with Gasteiger partial charge in [0.25, 0.3) is 5.91 Å². The number of carbonyl (C=O) groups excluding carboxylic acids is 3. The van der Waals surface area contributed by atoms with Gasteiger partial charge in [0, 0.05) is 31.4 Å². The quantitative estimate of drug-likeness (QED) is 0.484. The van der Waals surface area contributed by atoms with Crippen LogP contribution in [0.1, 0.15) is 53.0 Å². The van der Waals surface area contributed by atoms with Gasteiger partial charge in [-0.3, -0.25) is 34.7 Å². The monoisotopic (exact) mass is 474 g/mol. The maximum absolute atomic E-state index is 12.9. The number of nitrogens with one attached hydrogen (secondary N) is 2. The number of aromatic amines is 1. The summed E-state index contributed by atoms with van der Waals surface area (Å²) >= 11 is 0. The molecule has 3 N–H and O–H groups in total. The second kappa shape index (κ2) is 8.24. The fourth-order valence-corrected chi connectivity index (χ4v) is 5.38. The number of pyridine rings is 1. The predicted molar refractivity (Wildman–Crippen MR) is 125 cm³/mol. The van der Waals surface area contributed by atoms with Gasteiger partial charge in [-0.15, -0.1) is 0 Å². The van der Waals surface area contributed by atoms with Gasteiger partial charge < -0.3 is 10.0 Å². The topological polar surface area (TPSA) is 132 Å². The summed E-state index contributed by atoms with van der Waals surface area (Å²) in [5.41, 5.74) is 2.74. The lowest BCUT2D eigenvalue weighted by atomic mass is 9.87. The van der Waals surface area contributed by atoms with Crippen LogP contribution in [-0.4, -0.2) is 66.9 Å². The standard InChI is InChI=1S/C25H26N6O4/c32-22-6-4-20(23(33)28-22)31-14-19-17(24(31)34)2-5-21(27-19)25(35)7-9-30(10-8-25)13-15-1-3-18-16(11-15)12-26-29-18/h1-3,5,11-12,20,35H,4,6-10,13-14H2,(H,26,29)(H,28,32,33). The first-order valence-corrected chi connectivity index (χ1v) is 11.9. The van der Waals surface area contributed by atoms with Crippen molar-refractivity contribution in [1.82, 2.24) is 30.3 Å². The molecular weight excluding hydrogens is 448 g/mol. The highest BCUT2D eigenvalue weighted by Crippen LogP contribution is 2.35. The maximum atomic E-state index is 12.9. The smallest absolute Gasteiger partial charge is 0.256 e. The van der Waals surface area contributed by atoms with Crippen LogP contribution in [0.25, 0.3) is 10.9 Å². The van der Waals surface area contributed by atoms with Crippen molar-refractivity contribution in [3.05, 3.63) is 59.0 Å². The van der Waals surface area contributed by atoms with Crippen LogP contribution < -0.4 is 5.32 Å². The second-order valence-corrected chi connectivity index (χ2v) is 9.69. The fourth-order valence-electron chi connectivity index (χ4n) is 5.38. The summed E-state index contributed by atoms with van der Waals surface area (Å²) in [5, 5.41) is 21.9. The van der Waals surface area contributed by atoms with Crippen molar-refractivity contribution < 1.29 is 19.5 Å². The number of likely N-dealkylation sites (tertiary alicyclic amines) is 1. The Morgan fingerprint density at radius 2 is 1.94 bits per heavy atom. The number of imide groups is 1. The lowest BCUT2D eigenvalue weighted by molar-refractivity contribution is -0.136. The van der Waals surface area contributed by atoms with Crippen molar-refractivity contribution in [2.24, 2.45) is 0 Å². The third-order valence-electron chi connectivity index (χ3n) is 7.44. The van der Waals surface area contributed by atoms with Crippen LogP contribution in [-0.2, 0) is 28.3 Å². The molecule has 0 spiro atoms. The van der Waals surface area contributed by atoms with Gasteiger partial charge in [-0.05, 0) is 49.1 Å². The number of aliphatic hydroxyl groups is 1. The Morgan fingerprint density at radius 3 is 2.74 bits per heavy atom. The zero-order valence-corrected chi connectivity index (χ0v) is 19.2. The summed E-state index contributed by atoms with van der Waals surface area (Å²) in [7, 11) is 0. The van der Waals surface area contributed by atoms with E-state index in [9.17, 15) is 19.5 Å². The molecule has 2 aromatic heterocycles. The zero-order chi connectivity index (χ0) is 24.2. The summed E-state index contributed by atoms with van der Waals surface area (Å²) in [6, 6.07) is 9.02. The number of hydrogen-bond donors (Lipinski definition) is 3. The van der Waals surface area contributed by atoms with E-state index in [0.29, 0.717) is 36.2 Å². The normalized spacial score (nSPS) is 22.5. The number of hydrogen-bond acceptors (Lipinski definition) is 7. The molecule has 1 aromatic carbocycles. The summed E-state index contributed by atoms with van der Waals surface area (Å²) in [6.45, 7) is 2.44. The molecule has 0 aliphatic carbocycles. The van der Waals surface area contributed by atoms with E-state index in [0.717, 1.165) is 30.5 Å². The van der Waals surface area contributed by atoms with Crippen LogP contribution in [0.3, 0.4) is 0 Å². The van der Waals surface area contributed by atoms with Gasteiger partial charge >= 0.3 is 0 Å². The first-order chi connectivity index (χ1) is 16.9. The van der Waals surface area contributed by atoms with Crippen molar-refractivity contribution in [3.8, 4) is 0 Å². The molecule has 180 valence electrons. The first-order valence-electron chi connectivity index (χ1n) is 11.9. The van der Waals surface area contributed by atoms with Crippen LogP contribution in [0.15, 0.2) is 36.5 Å². The highest BCUT2D eigenvalue weighted by atomic mass is 16.3. The zero-order valence-electron chi connectivity index (χ0n) is 19.2. The number of benzene rings is 1. The Balaban J connectivity index is 1.13. The summed E-state index contributed by atoms with van der Waals surface area (Å²) in [5.74, 6) is -1.02. The third kappa shape index (κ3) is 3.88. The van der Waals surface area contributed by atoms with Crippen LogP contribution >= 0.6 is 0 Å². The second-order valence-electron chi connectivity index (χ2n) is 9.69. The van der Waals surface area contributed by atoms with Crippen molar-refractivity contribution in [1.29, 1.82) is 0 Å². The molecule has 2 fully saturated rings. The van der Waals surface area contributed by atoms with E-state index in [-0.39, 0.29) is 24.8 Å². The highest BCUT2D eigenvalue weighted by Gasteiger charge is 2.41. The van der Waals surface area contributed by atoms with Gasteiger partial charge in [0.1, 0.15) is 11.6 Å². The SMILES string of the molecule is O=C1CCC(N2Cc3nc(C4(O)CCN(Cc5ccc6[nH]ncc6c5)CC4)ccc3C2=O)C(=O)N1. The molecule has 1 atom stereocenters. The van der Waals surface area contributed by atoms with E-state index in [1.807, 2.05) is 12.3 Å². The minimum absolute atomic E-state index is 0.201. The average Bonchev–Trinajstić information content (AvgIpc) is 3.44. The molecule has 0 radical (unpaired) electrons. The molecule has 6 rings (SSSR count). The van der Waals surface area contributed by atoms with E-state index in [2.05, 4.69) is 37.5 Å². The maximum Gasteiger partial charge on any atom is 0.256 e. The number of aromatic nitrogens is 3. The molecule has 35 heavy (non-hydrogen) atoms. The van der Waals surface area contributed by atoms with Gasteiger partial charge in [-0.1, -0.05) is 6.07 Å². The van der Waals surface area contributed by atoms with Crippen LogP contribution in [0.5, 0.6) is 0 Å². The molecule has 2 saturated heterocycles. The van der Waals surface area contributed by atoms with Crippen LogP contribution in [0.2, 0.25) is 0 Å². The van der Waals surface area contributed by atoms with Gasteiger partial charge in [-0.2, -0.15) is 5.10 Å². The number of carbonyl (C=O) groups is 3. The Bertz CT molecular complexity index is 1340. The van der Waals surface area contributed by atoms with Crippen molar-refractivity contribution in [3.63, 3.8) is 0 Å². The lowest BCUT2D eigenvalue weighted by Crippen LogP contribution is -2.52. The third-order valence-corrected chi connectivity index (χ3v) is 7.44. The Kier molecular flexibility index (Phi) is 5.15. The van der Waals surface area contributed by atoms with Crippen molar-refractivity contribution in [2.75, 3.05) is 13.1 Å². The Hall–Kier alpha value is -3.63. The van der Waals surface area contributed by atoms with Gasteiger partial charge in [0.2, 0.25) is 11.8 Å². The largest absolute Gasteiger partial charge is 0.383 e. The Morgan fingerprint density at radius 1 is 1.11 bits per heavy atom. The molecule has 5 heterocycles. The molecule has 1 unspecified atom stereocenters. The Labute approximate surface area is 201 Å². The van der Waals surface area contributed by atoms with Crippen molar-refractivity contribution in [2.45, 2.75) is 50.4 Å². The summed E-state index contributed by atoms with van der Waals surface area (Å²) in [4.78, 5) is 45.1. The van der Waals surface area contributed by atoms with E-state index in [1.54, 1.807) is 12.1 Å². The van der Waals surface area contributed by atoms with Gasteiger partial charge in [0.15, 0.2) is 0 Å². The number of fused-ring (bicyclic) bond motifs is 2. The van der Waals surface area contributed by atoms with Gasteiger partial charge in [-0.25, -0.2) is 0 Å². The van der Waals surface area contributed by atoms with Crippen LogP contribution in [0, 0.1) is 0 Å². The fraction of sp³-hybridized carbons (Fsp3) is 0.400. The van der Waals surface area contributed by atoms with Crippen molar-refractivity contribution >= 4 is 28.6 Å². The molecule has 3 aliphatic rings. The predicted octanol–water partition coefficient (Wildman–Crippen LogP) is 1.20. The molecule has 3 aromatic rings. The number of amides is 3. The number of piperidine rings is 2. The number of rotatable bonds is 4. The molecule has 3 aliphatic heterocycles. The van der Waals surface area contributed by atoms with E-state index in [1.165, 1.54) is 10.5 Å². The summed E-state index contributed by atoms with van der Waals surface area (Å²) in [6.07, 6.45) is 3.42. The first kappa shape index (κ1) is 21.9. The molecule has 10 nitrogen and oxygen atoms in total. The molecule has 0 saturated carbocycles. The van der Waals surface area contributed by atoms with E-state index in [4.69, 9.17) is 0 Å². The summed E-state index contributed by atoms with van der Waals surface area (Å²) < 4.78 is 0. The molecule has 0 bridgehead atoms. The number of nitrogens with zero attached hydrogens (tertiary/aromatic N) is 4. The van der Waals surface area contributed by atoms with Crippen LogP contribution in [0.4, 0.5) is 0 Å². The minimum Gasteiger partial charge on any atom is -0.383 e. The van der Waals surface area contributed by atoms with Gasteiger partial charge in [0.05, 0.1) is 35.2 Å². The minimum atomic E-state index is -1.06. The van der Waals surface area contributed by atoms with E-state index < -0.39 is 17.6 Å². The highest BCUT2D eigenvalue weighted by molar-refractivity contribution is 6.05. The molecular formula is C25H26N6O4. The molecule has 10 heteroatoms.